The fourth-order valence-corrected chi connectivity index (χ4v) is 10.8. The monoisotopic (exact) mass is 1280 g/mol. The van der Waals surface area contributed by atoms with Crippen molar-refractivity contribution < 1.29 is 72.1 Å². The minimum absolute atomic E-state index is 0.0722. The number of alkyl carbamates (subject to hydrolysis) is 2. The number of Topliss-reactive ketones (excluding diaryl/α,β-unsaturated/α-hetero) is 1. The van der Waals surface area contributed by atoms with E-state index >= 15 is 0 Å². The Hall–Kier alpha value is -6.84. The second kappa shape index (κ2) is 37.1. The van der Waals surface area contributed by atoms with Crippen molar-refractivity contribution in [1.29, 1.82) is 0 Å². The van der Waals surface area contributed by atoms with Crippen LogP contribution in [-0.4, -0.2) is 122 Å². The summed E-state index contributed by atoms with van der Waals surface area (Å²) in [6.45, 7) is 12.5. The zero-order chi connectivity index (χ0) is 64.1. The lowest BCUT2D eigenvalue weighted by atomic mass is 9.99. The molecule has 480 valence electrons. The molecule has 2 aromatic carbocycles. The van der Waals surface area contributed by atoms with Crippen LogP contribution in [0, 0.1) is 0 Å². The average Bonchev–Trinajstić information content (AvgIpc) is 1.65. The molecule has 4 aliphatic rings. The van der Waals surface area contributed by atoms with E-state index in [-0.39, 0.29) is 78.2 Å². The van der Waals surface area contributed by atoms with Gasteiger partial charge in [-0.25, -0.2) is 9.59 Å². The molecule has 2 atom stereocenters. The van der Waals surface area contributed by atoms with Crippen molar-refractivity contribution in [1.82, 2.24) is 31.1 Å². The number of nitrogens with zero attached hydrogens (tertiary/aromatic N) is 2. The second-order valence-corrected chi connectivity index (χ2v) is 25.6. The Morgan fingerprint density at radius 1 is 0.494 bits per heavy atom. The third-order valence-electron chi connectivity index (χ3n) is 14.8. The Kier molecular flexibility index (Phi) is 31.0. The van der Waals surface area contributed by atoms with Gasteiger partial charge < -0.3 is 25.2 Å². The van der Waals surface area contributed by atoms with Crippen LogP contribution in [0.4, 0.5) is 9.59 Å². The van der Waals surface area contributed by atoms with Gasteiger partial charge in [-0.3, -0.25) is 68.4 Å². The fourth-order valence-electron chi connectivity index (χ4n) is 10.4. The van der Waals surface area contributed by atoms with Crippen LogP contribution < -0.4 is 21.3 Å². The highest BCUT2D eigenvalue weighted by atomic mass is 79.9. The van der Waals surface area contributed by atoms with Crippen molar-refractivity contribution in [2.75, 3.05) is 13.1 Å². The third-order valence-corrected chi connectivity index (χ3v) is 15.3. The van der Waals surface area contributed by atoms with Gasteiger partial charge in [0.25, 0.3) is 23.6 Å². The molecule has 0 aliphatic carbocycles. The maximum Gasteiger partial charge on any atom is 0.407 e. The van der Waals surface area contributed by atoms with Crippen molar-refractivity contribution in [2.45, 2.75) is 251 Å². The maximum atomic E-state index is 13.0. The summed E-state index contributed by atoms with van der Waals surface area (Å²) in [7, 11) is 0. The first-order valence-corrected chi connectivity index (χ1v) is 32.1. The van der Waals surface area contributed by atoms with Crippen LogP contribution in [0.3, 0.4) is 0 Å². The first-order valence-electron chi connectivity index (χ1n) is 31.3. The van der Waals surface area contributed by atoms with E-state index in [0.717, 1.165) is 74.0 Å². The summed E-state index contributed by atoms with van der Waals surface area (Å²) in [4.78, 5) is 145. The lowest BCUT2D eigenvalue weighted by molar-refractivity contribution is -0.138. The minimum atomic E-state index is -0.999. The standard InChI is InChI=1S/C33H47N3O7.C19H37NO4.C13H9BrN2O4/c1-33(2,3)43-32(42)34-20-14-12-10-8-6-4-5-7-9-11-13-15-24(37)21-23-16-17-25-26(22-23)31(41)36(30(25)40)27-18-19-28(38)35-29(27)39;1-19(2,3)24-18(23)20-16-14-12-10-8-6-4-5-7-9-11-13-15-17(21)22;14-6-1-2-7-8(5-6)13(20)16(12(7)19)9-3-4-10(17)15-11(9)18/h16-17,22,27H,4-15,18-21H2,1-3H3,(H,34,42)(H,35,38,39);4-16H2,1-3H3,(H,20,23)(H,21,22);1-2,5,9H,3-4H2,(H,15,17,18). The predicted octanol–water partition coefficient (Wildman–Crippen LogP) is 11.5. The van der Waals surface area contributed by atoms with Crippen molar-refractivity contribution in [3.63, 3.8) is 0 Å². The molecule has 10 amide bonds. The van der Waals surface area contributed by atoms with Crippen molar-refractivity contribution >= 4 is 87.1 Å². The zero-order valence-electron chi connectivity index (χ0n) is 52.0. The summed E-state index contributed by atoms with van der Waals surface area (Å²) in [5.41, 5.74) is 0.757. The van der Waals surface area contributed by atoms with Gasteiger partial charge in [0.1, 0.15) is 29.1 Å². The number of imide groups is 4. The van der Waals surface area contributed by atoms with E-state index in [1.807, 2.05) is 41.5 Å². The number of ketones is 1. The largest absolute Gasteiger partial charge is 0.481 e. The van der Waals surface area contributed by atoms with Gasteiger partial charge >= 0.3 is 18.2 Å². The van der Waals surface area contributed by atoms with Gasteiger partial charge in [-0.15, -0.1) is 0 Å². The fraction of sp³-hybridized carbons (Fsp3) is 0.631. The number of hydrogen-bond donors (Lipinski definition) is 5. The molecule has 0 spiro atoms. The topological polar surface area (TPSA) is 298 Å². The highest BCUT2D eigenvalue weighted by Crippen LogP contribution is 2.31. The molecule has 0 bridgehead atoms. The van der Waals surface area contributed by atoms with Gasteiger partial charge in [-0.2, -0.15) is 0 Å². The Morgan fingerprint density at radius 2 is 0.839 bits per heavy atom. The number of carbonyl (C=O) groups excluding carboxylic acids is 11. The summed E-state index contributed by atoms with van der Waals surface area (Å²) in [5, 5.41) is 18.5. The molecular weight excluding hydrogens is 1180 g/mol. The number of benzene rings is 2. The first-order chi connectivity index (χ1) is 41.3. The Balaban J connectivity index is 0.000000309. The van der Waals surface area contributed by atoms with Crippen molar-refractivity contribution in [3.05, 3.63) is 68.7 Å². The zero-order valence-corrected chi connectivity index (χ0v) is 53.6. The minimum Gasteiger partial charge on any atom is -0.481 e. The Bertz CT molecular complexity index is 2730. The number of hydrogen-bond acceptors (Lipinski definition) is 14. The molecule has 6 rings (SSSR count). The van der Waals surface area contributed by atoms with Crippen LogP contribution in [0.1, 0.15) is 268 Å². The lowest BCUT2D eigenvalue weighted by Gasteiger charge is -2.27. The Morgan fingerprint density at radius 3 is 1.22 bits per heavy atom. The lowest BCUT2D eigenvalue weighted by Crippen LogP contribution is -2.54. The van der Waals surface area contributed by atoms with E-state index in [1.54, 1.807) is 36.4 Å². The molecule has 4 aliphatic heterocycles. The molecule has 0 aromatic heterocycles. The van der Waals surface area contributed by atoms with Gasteiger partial charge in [0.05, 0.1) is 22.3 Å². The quantitative estimate of drug-likeness (QED) is 0.0336. The summed E-state index contributed by atoms with van der Waals surface area (Å²) >= 11 is 3.24. The molecule has 0 saturated carbocycles. The van der Waals surface area contributed by atoms with E-state index in [9.17, 15) is 57.5 Å². The number of rotatable bonds is 32. The molecule has 22 heteroatoms. The van der Waals surface area contributed by atoms with Gasteiger partial charge in [-0.05, 0) is 116 Å². The van der Waals surface area contributed by atoms with Crippen LogP contribution in [0.2, 0.25) is 0 Å². The normalized spacial score (nSPS) is 16.4. The molecule has 2 fully saturated rings. The van der Waals surface area contributed by atoms with Crippen LogP contribution in [0.5, 0.6) is 0 Å². The van der Waals surface area contributed by atoms with E-state index in [4.69, 9.17) is 14.6 Å². The number of carboxylic acids is 1. The highest BCUT2D eigenvalue weighted by molar-refractivity contribution is 9.10. The number of ether oxygens (including phenoxy) is 2. The van der Waals surface area contributed by atoms with Crippen LogP contribution in [-0.2, 0) is 44.7 Å². The molecule has 21 nitrogen and oxygen atoms in total. The number of halogens is 1. The van der Waals surface area contributed by atoms with Gasteiger partial charge in [0, 0.05) is 49.7 Å². The molecule has 0 radical (unpaired) electrons. The van der Waals surface area contributed by atoms with Crippen molar-refractivity contribution in [3.8, 4) is 0 Å². The summed E-state index contributed by atoms with van der Waals surface area (Å²) < 4.78 is 11.1. The molecule has 2 unspecified atom stereocenters. The van der Waals surface area contributed by atoms with E-state index < -0.39 is 70.6 Å². The van der Waals surface area contributed by atoms with Gasteiger partial charge in [-0.1, -0.05) is 138 Å². The average molecular weight is 1280 g/mol. The number of carbonyl (C=O) groups is 12. The molecular formula is C65H93BrN6O15. The molecule has 2 aromatic rings. The third kappa shape index (κ3) is 26.6. The van der Waals surface area contributed by atoms with E-state index in [0.29, 0.717) is 36.0 Å². The summed E-state index contributed by atoms with van der Waals surface area (Å²) in [6, 6.07) is 7.68. The van der Waals surface area contributed by atoms with Gasteiger partial charge in [0.15, 0.2) is 0 Å². The number of aliphatic carboxylic acids is 1. The number of carboxylic acid groups (broad SMARTS) is 1. The van der Waals surface area contributed by atoms with E-state index in [2.05, 4.69) is 37.2 Å². The molecule has 87 heavy (non-hydrogen) atoms. The number of amides is 10. The molecule has 5 N–H and O–H groups in total. The maximum absolute atomic E-state index is 13.0. The highest BCUT2D eigenvalue weighted by Gasteiger charge is 2.46. The summed E-state index contributed by atoms with van der Waals surface area (Å²) in [5.74, 6) is -4.72. The number of unbranched alkanes of at least 4 members (excludes halogenated alkanes) is 20. The Labute approximate surface area is 520 Å². The van der Waals surface area contributed by atoms with E-state index in [1.165, 1.54) is 77.0 Å². The second-order valence-electron chi connectivity index (χ2n) is 24.7. The smallest absolute Gasteiger partial charge is 0.407 e. The predicted molar refractivity (Wildman–Crippen MR) is 330 cm³/mol. The van der Waals surface area contributed by atoms with Crippen LogP contribution in [0.25, 0.3) is 0 Å². The molecule has 4 heterocycles. The van der Waals surface area contributed by atoms with Crippen LogP contribution in [0.15, 0.2) is 40.9 Å². The number of nitrogens with one attached hydrogen (secondary N) is 4. The van der Waals surface area contributed by atoms with Crippen LogP contribution >= 0.6 is 15.9 Å². The SMILES string of the molecule is CC(C)(C)OC(=O)NCCCCCCCCCCCCCC(=O)Cc1ccc2c(c1)C(=O)N(C1CCC(=O)NC1=O)C2=O.CC(C)(C)OC(=O)NCCCCCCCCCCCCCC(=O)O.O=C1CCC(N2C(=O)c3ccc(Br)cc3C2=O)C(=O)N1. The molecule has 2 saturated heterocycles. The van der Waals surface area contributed by atoms with Gasteiger partial charge in [0.2, 0.25) is 23.6 Å². The number of piperidine rings is 2. The first kappa shape index (κ1) is 72.6. The van der Waals surface area contributed by atoms with Crippen molar-refractivity contribution in [2.24, 2.45) is 0 Å². The number of fused-ring (bicyclic) bond motifs is 2. The summed E-state index contributed by atoms with van der Waals surface area (Å²) in [6.07, 6.45) is 25.6.